The molecule has 0 spiro atoms. The van der Waals surface area contributed by atoms with Crippen LogP contribution in [0, 0.1) is 0 Å². The number of carbonyl (C=O) groups is 1. The summed E-state index contributed by atoms with van der Waals surface area (Å²) in [6.45, 7) is -0.703. The summed E-state index contributed by atoms with van der Waals surface area (Å²) in [5.74, 6) is -2.50. The Morgan fingerprint density at radius 3 is 2.45 bits per heavy atom. The number of hydrogen-bond acceptors (Lipinski definition) is 4. The number of ether oxygens (including phenoxy) is 1. The molecule has 0 aliphatic carbocycles. The van der Waals surface area contributed by atoms with Crippen LogP contribution < -0.4 is 10.5 Å². The standard InChI is InChI=1S/C10H9F5N2O3/c11-9(12)7-5(2-16)8(20-10(13,14)15)4(3-17-7)1-6(18)19/h3,9H,1-2,16H2,(H,18,19). The SMILES string of the molecule is NCc1c(C(F)F)ncc(CC(=O)O)c1OC(F)(F)F. The summed E-state index contributed by atoms with van der Waals surface area (Å²) in [5, 5.41) is 8.59. The number of alkyl halides is 5. The van der Waals surface area contributed by atoms with Gasteiger partial charge in [-0.15, -0.1) is 13.2 Å². The molecule has 1 heterocycles. The molecule has 0 saturated heterocycles. The zero-order valence-electron chi connectivity index (χ0n) is 9.75. The van der Waals surface area contributed by atoms with Crippen molar-refractivity contribution in [3.05, 3.63) is 23.0 Å². The number of nitrogens with zero attached hydrogens (tertiary/aromatic N) is 1. The van der Waals surface area contributed by atoms with Gasteiger partial charge in [0.15, 0.2) is 0 Å². The van der Waals surface area contributed by atoms with E-state index in [4.69, 9.17) is 10.8 Å². The second-order valence-electron chi connectivity index (χ2n) is 3.60. The highest BCUT2D eigenvalue weighted by molar-refractivity contribution is 5.71. The Hall–Kier alpha value is -1.97. The minimum atomic E-state index is -5.17. The number of nitrogens with two attached hydrogens (primary N) is 1. The summed E-state index contributed by atoms with van der Waals surface area (Å²) in [7, 11) is 0. The van der Waals surface area contributed by atoms with Gasteiger partial charge in [-0.3, -0.25) is 9.78 Å². The second kappa shape index (κ2) is 5.99. The molecule has 0 bridgehead atoms. The van der Waals surface area contributed by atoms with E-state index < -0.39 is 54.3 Å². The van der Waals surface area contributed by atoms with Crippen LogP contribution in [0.2, 0.25) is 0 Å². The summed E-state index contributed by atoms with van der Waals surface area (Å²) < 4.78 is 65.8. The van der Waals surface area contributed by atoms with E-state index in [1.165, 1.54) is 0 Å². The molecule has 0 aromatic carbocycles. The van der Waals surface area contributed by atoms with Crippen molar-refractivity contribution in [3.63, 3.8) is 0 Å². The molecular formula is C10H9F5N2O3. The summed E-state index contributed by atoms with van der Waals surface area (Å²) in [4.78, 5) is 13.8. The Kier molecular flexibility index (Phi) is 4.82. The maximum absolute atomic E-state index is 12.7. The number of aliphatic carboxylic acids is 1. The van der Waals surface area contributed by atoms with Crippen LogP contribution in [0.4, 0.5) is 22.0 Å². The Morgan fingerprint density at radius 2 is 2.05 bits per heavy atom. The first-order valence-electron chi connectivity index (χ1n) is 5.12. The molecule has 0 fully saturated rings. The van der Waals surface area contributed by atoms with Crippen LogP contribution in [0.3, 0.4) is 0 Å². The minimum absolute atomic E-state index is 0.486. The van der Waals surface area contributed by atoms with Gasteiger partial charge in [-0.2, -0.15) is 0 Å². The van der Waals surface area contributed by atoms with Crippen molar-refractivity contribution in [2.75, 3.05) is 0 Å². The molecule has 0 aliphatic heterocycles. The third-order valence-corrected chi connectivity index (χ3v) is 2.20. The lowest BCUT2D eigenvalue weighted by Gasteiger charge is -2.17. The van der Waals surface area contributed by atoms with E-state index >= 15 is 0 Å². The normalized spacial score (nSPS) is 11.8. The predicted molar refractivity (Wildman–Crippen MR) is 55.1 cm³/mol. The van der Waals surface area contributed by atoms with Gasteiger partial charge in [-0.05, 0) is 0 Å². The maximum Gasteiger partial charge on any atom is 0.573 e. The highest BCUT2D eigenvalue weighted by atomic mass is 19.4. The fourth-order valence-corrected chi connectivity index (χ4v) is 1.51. The summed E-state index contributed by atoms with van der Waals surface area (Å²) >= 11 is 0. The smallest absolute Gasteiger partial charge is 0.481 e. The van der Waals surface area contributed by atoms with Gasteiger partial charge in [-0.25, -0.2) is 8.78 Å². The number of aromatic nitrogens is 1. The van der Waals surface area contributed by atoms with Crippen molar-refractivity contribution in [2.45, 2.75) is 25.8 Å². The van der Waals surface area contributed by atoms with Gasteiger partial charge >= 0.3 is 12.3 Å². The van der Waals surface area contributed by atoms with Gasteiger partial charge in [0.2, 0.25) is 0 Å². The molecule has 10 heteroatoms. The van der Waals surface area contributed by atoms with Gasteiger partial charge in [0.1, 0.15) is 11.4 Å². The number of hydrogen-bond donors (Lipinski definition) is 2. The highest BCUT2D eigenvalue weighted by Crippen LogP contribution is 2.34. The van der Waals surface area contributed by atoms with Crippen LogP contribution in [-0.4, -0.2) is 22.4 Å². The van der Waals surface area contributed by atoms with E-state index in [1.807, 2.05) is 0 Å². The van der Waals surface area contributed by atoms with Gasteiger partial charge in [0.05, 0.1) is 6.42 Å². The minimum Gasteiger partial charge on any atom is -0.481 e. The average molecular weight is 300 g/mol. The van der Waals surface area contributed by atoms with Crippen molar-refractivity contribution in [1.29, 1.82) is 0 Å². The fraction of sp³-hybridized carbons (Fsp3) is 0.400. The lowest BCUT2D eigenvalue weighted by Crippen LogP contribution is -2.22. The Balaban J connectivity index is 3.42. The van der Waals surface area contributed by atoms with Gasteiger partial charge in [0, 0.05) is 23.9 Å². The van der Waals surface area contributed by atoms with E-state index in [1.54, 1.807) is 0 Å². The number of carboxylic acid groups (broad SMARTS) is 1. The van der Waals surface area contributed by atoms with Gasteiger partial charge in [0.25, 0.3) is 6.43 Å². The van der Waals surface area contributed by atoms with E-state index in [9.17, 15) is 26.7 Å². The van der Waals surface area contributed by atoms with Crippen molar-refractivity contribution < 1.29 is 36.6 Å². The quantitative estimate of drug-likeness (QED) is 0.812. The van der Waals surface area contributed by atoms with Crippen molar-refractivity contribution in [2.24, 2.45) is 5.73 Å². The topological polar surface area (TPSA) is 85.4 Å². The number of carboxylic acids is 1. The van der Waals surface area contributed by atoms with Crippen LogP contribution >= 0.6 is 0 Å². The summed E-state index contributed by atoms with van der Waals surface area (Å²) in [5.41, 5.74) is 3.01. The molecule has 0 atom stereocenters. The van der Waals surface area contributed by atoms with Crippen LogP contribution in [-0.2, 0) is 17.8 Å². The number of halogens is 5. The predicted octanol–water partition coefficient (Wildman–Crippen LogP) is 2.00. The monoisotopic (exact) mass is 300 g/mol. The van der Waals surface area contributed by atoms with Crippen LogP contribution in [0.1, 0.15) is 23.2 Å². The summed E-state index contributed by atoms with van der Waals surface area (Å²) in [6.07, 6.45) is -8.59. The van der Waals surface area contributed by atoms with E-state index in [2.05, 4.69) is 9.72 Å². The van der Waals surface area contributed by atoms with Gasteiger partial charge < -0.3 is 15.6 Å². The Bertz CT molecular complexity index is 504. The zero-order chi connectivity index (χ0) is 15.5. The third kappa shape index (κ3) is 4.02. The Morgan fingerprint density at radius 1 is 1.45 bits per heavy atom. The fourth-order valence-electron chi connectivity index (χ4n) is 1.51. The third-order valence-electron chi connectivity index (χ3n) is 2.20. The molecule has 0 aliphatic rings. The molecule has 0 amide bonds. The highest BCUT2D eigenvalue weighted by Gasteiger charge is 2.35. The Labute approximate surface area is 109 Å². The second-order valence-corrected chi connectivity index (χ2v) is 3.60. The molecule has 0 unspecified atom stereocenters. The zero-order valence-corrected chi connectivity index (χ0v) is 9.75. The molecule has 3 N–H and O–H groups in total. The van der Waals surface area contributed by atoms with Gasteiger partial charge in [-0.1, -0.05) is 0 Å². The molecule has 112 valence electrons. The maximum atomic E-state index is 12.7. The first kappa shape index (κ1) is 16.1. The van der Waals surface area contributed by atoms with Crippen molar-refractivity contribution in [3.8, 4) is 5.75 Å². The van der Waals surface area contributed by atoms with E-state index in [-0.39, 0.29) is 0 Å². The molecule has 1 aromatic rings. The first-order chi connectivity index (χ1) is 9.15. The number of pyridine rings is 1. The molecule has 0 saturated carbocycles. The molecule has 1 rings (SSSR count). The molecule has 0 radical (unpaired) electrons. The van der Waals surface area contributed by atoms with Crippen molar-refractivity contribution >= 4 is 5.97 Å². The van der Waals surface area contributed by atoms with Crippen LogP contribution in [0.5, 0.6) is 5.75 Å². The molecular weight excluding hydrogens is 291 g/mol. The summed E-state index contributed by atoms with van der Waals surface area (Å²) in [6, 6.07) is 0. The van der Waals surface area contributed by atoms with Crippen LogP contribution in [0.15, 0.2) is 6.20 Å². The van der Waals surface area contributed by atoms with E-state index in [0.717, 1.165) is 0 Å². The first-order valence-corrected chi connectivity index (χ1v) is 5.12. The molecule has 1 aromatic heterocycles. The number of rotatable bonds is 5. The van der Waals surface area contributed by atoms with Crippen molar-refractivity contribution in [1.82, 2.24) is 4.98 Å². The molecule has 20 heavy (non-hydrogen) atoms. The lowest BCUT2D eigenvalue weighted by atomic mass is 10.1. The largest absolute Gasteiger partial charge is 0.573 e. The van der Waals surface area contributed by atoms with Crippen LogP contribution in [0.25, 0.3) is 0 Å². The lowest BCUT2D eigenvalue weighted by molar-refractivity contribution is -0.275. The molecule has 5 nitrogen and oxygen atoms in total. The average Bonchev–Trinajstić information content (AvgIpc) is 2.28. The van der Waals surface area contributed by atoms with E-state index in [0.29, 0.717) is 6.20 Å².